The van der Waals surface area contributed by atoms with E-state index in [1.165, 1.54) is 26.4 Å². The third-order valence-electron chi connectivity index (χ3n) is 4.72. The van der Waals surface area contributed by atoms with Gasteiger partial charge in [-0.05, 0) is 59.7 Å². The monoisotopic (exact) mass is 471 g/mol. The molecule has 33 heavy (non-hydrogen) atoms. The second kappa shape index (κ2) is 10.8. The van der Waals surface area contributed by atoms with E-state index >= 15 is 0 Å². The van der Waals surface area contributed by atoms with Gasteiger partial charge in [0.2, 0.25) is 0 Å². The molecule has 2 aromatic rings. The van der Waals surface area contributed by atoms with Crippen molar-refractivity contribution in [2.24, 2.45) is 0 Å². The molecule has 2 aromatic carbocycles. The predicted molar refractivity (Wildman–Crippen MR) is 122 cm³/mol. The Bertz CT molecular complexity index is 1110. The fourth-order valence-corrected chi connectivity index (χ4v) is 3.95. The Balaban J connectivity index is 1.89. The summed E-state index contributed by atoms with van der Waals surface area (Å²) in [6, 6.07) is 9.47. The standard InChI is InChI=1S/C24H22FNO6S/c1-4-5-17-10-16(12-20-23(28)26(24(29)33-20)13-21(27)31-3)11-19(30-2)22(17)32-14-15-6-8-18(25)9-7-15/h4,6-12H,1,5,13-14H2,2-3H3. The van der Waals surface area contributed by atoms with E-state index in [1.807, 2.05) is 0 Å². The summed E-state index contributed by atoms with van der Waals surface area (Å²) in [5.41, 5.74) is 2.15. The first kappa shape index (κ1) is 24.1. The molecule has 0 N–H and O–H groups in total. The second-order valence-electron chi connectivity index (χ2n) is 6.96. The van der Waals surface area contributed by atoms with Crippen LogP contribution in [0.1, 0.15) is 16.7 Å². The van der Waals surface area contributed by atoms with E-state index in [4.69, 9.17) is 9.47 Å². The summed E-state index contributed by atoms with van der Waals surface area (Å²) in [4.78, 5) is 37.3. The van der Waals surface area contributed by atoms with Crippen molar-refractivity contribution in [3.8, 4) is 11.5 Å². The van der Waals surface area contributed by atoms with Crippen LogP contribution in [0.2, 0.25) is 0 Å². The molecule has 1 aliphatic heterocycles. The van der Waals surface area contributed by atoms with Crippen LogP contribution in [0.3, 0.4) is 0 Å². The third kappa shape index (κ3) is 5.81. The molecule has 0 atom stereocenters. The molecular weight excluding hydrogens is 449 g/mol. The molecule has 1 fully saturated rings. The highest BCUT2D eigenvalue weighted by Crippen LogP contribution is 2.37. The van der Waals surface area contributed by atoms with Crippen molar-refractivity contribution in [1.29, 1.82) is 0 Å². The van der Waals surface area contributed by atoms with Crippen LogP contribution >= 0.6 is 11.8 Å². The minimum Gasteiger partial charge on any atom is -0.493 e. The number of nitrogens with zero attached hydrogens (tertiary/aromatic N) is 1. The van der Waals surface area contributed by atoms with Crippen molar-refractivity contribution in [3.05, 3.63) is 76.5 Å². The molecule has 1 saturated heterocycles. The van der Waals surface area contributed by atoms with E-state index in [0.29, 0.717) is 23.5 Å². The number of hydrogen-bond donors (Lipinski definition) is 0. The number of ether oxygens (including phenoxy) is 3. The van der Waals surface area contributed by atoms with Crippen molar-refractivity contribution in [2.75, 3.05) is 20.8 Å². The fraction of sp³-hybridized carbons (Fsp3) is 0.208. The number of methoxy groups -OCH3 is 2. The van der Waals surface area contributed by atoms with Gasteiger partial charge in [0.05, 0.1) is 19.1 Å². The zero-order valence-corrected chi connectivity index (χ0v) is 18.9. The van der Waals surface area contributed by atoms with Crippen molar-refractivity contribution >= 4 is 35.0 Å². The molecule has 0 aromatic heterocycles. The van der Waals surface area contributed by atoms with Crippen LogP contribution in [0.4, 0.5) is 9.18 Å². The first-order chi connectivity index (χ1) is 15.9. The summed E-state index contributed by atoms with van der Waals surface area (Å²) < 4.78 is 29.2. The summed E-state index contributed by atoms with van der Waals surface area (Å²) in [5.74, 6) is -0.661. The van der Waals surface area contributed by atoms with Gasteiger partial charge in [-0.25, -0.2) is 4.39 Å². The van der Waals surface area contributed by atoms with Gasteiger partial charge < -0.3 is 14.2 Å². The number of carbonyl (C=O) groups excluding carboxylic acids is 3. The van der Waals surface area contributed by atoms with Crippen LogP contribution in [0.25, 0.3) is 6.08 Å². The second-order valence-corrected chi connectivity index (χ2v) is 7.96. The number of carbonyl (C=O) groups is 3. The number of halogens is 1. The number of benzene rings is 2. The predicted octanol–water partition coefficient (Wildman–Crippen LogP) is 4.35. The molecule has 0 saturated carbocycles. The van der Waals surface area contributed by atoms with E-state index in [1.54, 1.807) is 36.4 Å². The fourth-order valence-electron chi connectivity index (χ4n) is 3.11. The summed E-state index contributed by atoms with van der Waals surface area (Å²) in [5, 5.41) is -0.547. The van der Waals surface area contributed by atoms with Gasteiger partial charge in [0, 0.05) is 5.56 Å². The Hall–Kier alpha value is -3.59. The molecule has 0 spiro atoms. The Kier molecular flexibility index (Phi) is 7.89. The van der Waals surface area contributed by atoms with Crippen LogP contribution in [-0.4, -0.2) is 42.8 Å². The molecular formula is C24H22FNO6S. The Morgan fingerprint density at radius 2 is 1.91 bits per heavy atom. The minimum absolute atomic E-state index is 0.176. The number of amides is 2. The summed E-state index contributed by atoms with van der Waals surface area (Å²) in [7, 11) is 2.68. The summed E-state index contributed by atoms with van der Waals surface area (Å²) in [6.45, 7) is 3.53. The lowest BCUT2D eigenvalue weighted by atomic mass is 10.0. The topological polar surface area (TPSA) is 82.1 Å². The minimum atomic E-state index is -0.684. The average molecular weight is 472 g/mol. The van der Waals surface area contributed by atoms with Gasteiger partial charge in [-0.2, -0.15) is 0 Å². The molecule has 7 nitrogen and oxygen atoms in total. The number of esters is 1. The van der Waals surface area contributed by atoms with E-state index in [-0.39, 0.29) is 17.3 Å². The molecule has 2 amide bonds. The molecule has 3 rings (SSSR count). The number of hydrogen-bond acceptors (Lipinski definition) is 7. The number of allylic oxidation sites excluding steroid dienone is 1. The third-order valence-corrected chi connectivity index (χ3v) is 5.63. The lowest BCUT2D eigenvalue weighted by molar-refractivity contribution is -0.143. The van der Waals surface area contributed by atoms with E-state index in [2.05, 4.69) is 11.3 Å². The number of thioether (sulfide) groups is 1. The molecule has 0 unspecified atom stereocenters. The van der Waals surface area contributed by atoms with E-state index in [0.717, 1.165) is 27.8 Å². The van der Waals surface area contributed by atoms with Crippen LogP contribution in [0.15, 0.2) is 54.0 Å². The maximum Gasteiger partial charge on any atom is 0.325 e. The van der Waals surface area contributed by atoms with Gasteiger partial charge in [-0.1, -0.05) is 18.2 Å². The quantitative estimate of drug-likeness (QED) is 0.305. The smallest absolute Gasteiger partial charge is 0.325 e. The Morgan fingerprint density at radius 1 is 1.18 bits per heavy atom. The maximum absolute atomic E-state index is 13.2. The SMILES string of the molecule is C=CCc1cc(C=C2SC(=O)N(CC(=O)OC)C2=O)cc(OC)c1OCc1ccc(F)cc1. The molecule has 0 radical (unpaired) electrons. The van der Waals surface area contributed by atoms with Crippen LogP contribution in [0.5, 0.6) is 11.5 Å². The molecule has 0 aliphatic carbocycles. The maximum atomic E-state index is 13.2. The molecule has 1 aliphatic rings. The van der Waals surface area contributed by atoms with Gasteiger partial charge in [0.15, 0.2) is 11.5 Å². The van der Waals surface area contributed by atoms with Crippen molar-refractivity contribution in [2.45, 2.75) is 13.0 Å². The first-order valence-corrected chi connectivity index (χ1v) is 10.7. The van der Waals surface area contributed by atoms with Gasteiger partial charge >= 0.3 is 5.97 Å². The van der Waals surface area contributed by atoms with E-state index < -0.39 is 23.7 Å². The summed E-state index contributed by atoms with van der Waals surface area (Å²) in [6.07, 6.45) is 3.72. The number of imide groups is 1. The molecule has 0 bridgehead atoms. The first-order valence-electron chi connectivity index (χ1n) is 9.87. The van der Waals surface area contributed by atoms with Crippen LogP contribution in [-0.2, 0) is 27.4 Å². The highest BCUT2D eigenvalue weighted by Gasteiger charge is 2.36. The van der Waals surface area contributed by atoms with Crippen molar-refractivity contribution in [3.63, 3.8) is 0 Å². The van der Waals surface area contributed by atoms with Crippen molar-refractivity contribution < 1.29 is 33.0 Å². The van der Waals surface area contributed by atoms with Crippen molar-refractivity contribution in [1.82, 2.24) is 4.90 Å². The average Bonchev–Trinajstić information content (AvgIpc) is 3.06. The van der Waals surface area contributed by atoms with Gasteiger partial charge in [0.1, 0.15) is 19.0 Å². The molecule has 172 valence electrons. The Labute approximate surface area is 194 Å². The zero-order chi connectivity index (χ0) is 24.0. The van der Waals surface area contributed by atoms with Gasteiger partial charge in [-0.3, -0.25) is 19.3 Å². The van der Waals surface area contributed by atoms with Crippen LogP contribution in [0, 0.1) is 5.82 Å². The molecule has 9 heteroatoms. The Morgan fingerprint density at radius 3 is 2.55 bits per heavy atom. The molecule has 1 heterocycles. The largest absolute Gasteiger partial charge is 0.493 e. The highest BCUT2D eigenvalue weighted by atomic mass is 32.2. The lowest BCUT2D eigenvalue weighted by Gasteiger charge is -2.16. The number of rotatable bonds is 9. The van der Waals surface area contributed by atoms with Gasteiger partial charge in [-0.15, -0.1) is 6.58 Å². The highest BCUT2D eigenvalue weighted by molar-refractivity contribution is 8.18. The lowest BCUT2D eigenvalue weighted by Crippen LogP contribution is -2.34. The van der Waals surface area contributed by atoms with E-state index in [9.17, 15) is 18.8 Å². The van der Waals surface area contributed by atoms with Crippen LogP contribution < -0.4 is 9.47 Å². The van der Waals surface area contributed by atoms with Gasteiger partial charge in [0.25, 0.3) is 11.1 Å². The summed E-state index contributed by atoms with van der Waals surface area (Å²) >= 11 is 0.743. The zero-order valence-electron chi connectivity index (χ0n) is 18.1. The normalized spacial score (nSPS) is 14.5.